The van der Waals surface area contributed by atoms with Crippen LogP contribution in [0, 0.1) is 6.92 Å². The first-order valence-electron chi connectivity index (χ1n) is 10.6. The quantitative estimate of drug-likeness (QED) is 0.847. The molecule has 5 heteroatoms. The van der Waals surface area contributed by atoms with Crippen molar-refractivity contribution in [2.45, 2.75) is 63.8 Å². The molecule has 29 heavy (non-hydrogen) atoms. The highest BCUT2D eigenvalue weighted by molar-refractivity contribution is 5.91. The van der Waals surface area contributed by atoms with Gasteiger partial charge in [-0.05, 0) is 74.6 Å². The van der Waals surface area contributed by atoms with Gasteiger partial charge in [-0.1, -0.05) is 24.3 Å². The number of likely N-dealkylation sites (tertiary alicyclic amines) is 1. The van der Waals surface area contributed by atoms with Crippen molar-refractivity contribution in [2.75, 3.05) is 13.1 Å². The van der Waals surface area contributed by atoms with E-state index in [-0.39, 0.29) is 29.2 Å². The zero-order valence-corrected chi connectivity index (χ0v) is 17.5. The van der Waals surface area contributed by atoms with Crippen LogP contribution in [0.15, 0.2) is 40.8 Å². The summed E-state index contributed by atoms with van der Waals surface area (Å²) in [5.41, 5.74) is 2.76. The van der Waals surface area contributed by atoms with E-state index in [1.54, 1.807) is 6.07 Å². The van der Waals surface area contributed by atoms with E-state index in [2.05, 4.69) is 29.6 Å². The van der Waals surface area contributed by atoms with Crippen LogP contribution in [0.1, 0.15) is 72.9 Å². The molecule has 0 saturated carbocycles. The number of carbonyl (C=O) groups excluding carboxylic acids is 2. The second kappa shape index (κ2) is 7.69. The van der Waals surface area contributed by atoms with Crippen molar-refractivity contribution in [1.29, 1.82) is 0 Å². The van der Waals surface area contributed by atoms with E-state index in [1.807, 2.05) is 31.7 Å². The van der Waals surface area contributed by atoms with Crippen LogP contribution in [0.3, 0.4) is 0 Å². The molecule has 2 amide bonds. The lowest BCUT2D eigenvalue weighted by atomic mass is 9.73. The minimum Gasteiger partial charge on any atom is -0.456 e. The highest BCUT2D eigenvalue weighted by atomic mass is 16.3. The molecule has 1 aromatic carbocycles. The number of piperidine rings is 1. The predicted molar refractivity (Wildman–Crippen MR) is 112 cm³/mol. The summed E-state index contributed by atoms with van der Waals surface area (Å²) in [6.07, 6.45) is 3.38. The third-order valence-corrected chi connectivity index (χ3v) is 6.45. The molecular weight excluding hydrogens is 364 g/mol. The summed E-state index contributed by atoms with van der Waals surface area (Å²) in [6, 6.07) is 12.3. The van der Waals surface area contributed by atoms with Gasteiger partial charge in [0.25, 0.3) is 5.91 Å². The fourth-order valence-corrected chi connectivity index (χ4v) is 5.13. The van der Waals surface area contributed by atoms with Crippen molar-refractivity contribution in [3.8, 4) is 0 Å². The van der Waals surface area contributed by atoms with Gasteiger partial charge in [-0.25, -0.2) is 0 Å². The van der Waals surface area contributed by atoms with Crippen LogP contribution in [-0.2, 0) is 10.2 Å². The molecule has 1 fully saturated rings. The first-order chi connectivity index (χ1) is 13.9. The summed E-state index contributed by atoms with van der Waals surface area (Å²) < 4.78 is 5.53. The van der Waals surface area contributed by atoms with Crippen molar-refractivity contribution in [3.63, 3.8) is 0 Å². The van der Waals surface area contributed by atoms with Gasteiger partial charge < -0.3 is 14.6 Å². The number of benzene rings is 1. The molecule has 4 rings (SSSR count). The normalized spacial score (nSPS) is 20.1. The maximum Gasteiger partial charge on any atom is 0.289 e. The number of aryl methyl sites for hydroxylation is 1. The molecule has 5 nitrogen and oxygen atoms in total. The molecule has 1 N–H and O–H groups in total. The average molecular weight is 395 g/mol. The van der Waals surface area contributed by atoms with Crippen LogP contribution in [0.2, 0.25) is 0 Å². The van der Waals surface area contributed by atoms with Crippen LogP contribution in [0.4, 0.5) is 0 Å². The van der Waals surface area contributed by atoms with Gasteiger partial charge in [0, 0.05) is 25.6 Å². The predicted octanol–water partition coefficient (Wildman–Crippen LogP) is 4.16. The van der Waals surface area contributed by atoms with Crippen molar-refractivity contribution >= 4 is 11.8 Å². The van der Waals surface area contributed by atoms with Crippen molar-refractivity contribution in [1.82, 2.24) is 10.2 Å². The number of nitrogens with one attached hydrogen (secondary N) is 1. The number of rotatable bonds is 4. The molecule has 2 aromatic rings. The first kappa shape index (κ1) is 19.7. The lowest BCUT2D eigenvalue weighted by Crippen LogP contribution is -2.44. The van der Waals surface area contributed by atoms with Gasteiger partial charge in [-0.3, -0.25) is 9.59 Å². The maximum atomic E-state index is 12.8. The molecule has 1 aromatic heterocycles. The lowest BCUT2D eigenvalue weighted by Gasteiger charge is -2.40. The zero-order valence-electron chi connectivity index (χ0n) is 17.5. The van der Waals surface area contributed by atoms with E-state index >= 15 is 0 Å². The molecule has 2 aliphatic rings. The van der Waals surface area contributed by atoms with Crippen molar-refractivity contribution in [2.24, 2.45) is 0 Å². The summed E-state index contributed by atoms with van der Waals surface area (Å²) in [7, 11) is 0. The SMILES string of the molecule is Cc1ccc(C(=O)N2CCC3(CC2)C[C@@H](CC(=O)NC(C)C)c2ccccc23)o1. The number of hydrogen-bond acceptors (Lipinski definition) is 3. The minimum atomic E-state index is -0.0212. The van der Waals surface area contributed by atoms with Gasteiger partial charge in [-0.15, -0.1) is 0 Å². The summed E-state index contributed by atoms with van der Waals surface area (Å²) in [5.74, 6) is 1.53. The lowest BCUT2D eigenvalue weighted by molar-refractivity contribution is -0.122. The molecule has 154 valence electrons. The molecule has 0 bridgehead atoms. The van der Waals surface area contributed by atoms with Gasteiger partial charge in [0.15, 0.2) is 5.76 Å². The molecule has 0 unspecified atom stereocenters. The van der Waals surface area contributed by atoms with Crippen molar-refractivity contribution in [3.05, 3.63) is 59.0 Å². The highest BCUT2D eigenvalue weighted by Gasteiger charge is 2.46. The molecule has 1 atom stereocenters. The smallest absolute Gasteiger partial charge is 0.289 e. The Morgan fingerprint density at radius 2 is 1.90 bits per heavy atom. The number of hydrogen-bond donors (Lipinski definition) is 1. The Morgan fingerprint density at radius 3 is 2.55 bits per heavy atom. The zero-order chi connectivity index (χ0) is 20.6. The van der Waals surface area contributed by atoms with Gasteiger partial charge in [-0.2, -0.15) is 0 Å². The van der Waals surface area contributed by atoms with Gasteiger partial charge >= 0.3 is 0 Å². The van der Waals surface area contributed by atoms with Gasteiger partial charge in [0.1, 0.15) is 5.76 Å². The molecule has 2 heterocycles. The second-order valence-corrected chi connectivity index (χ2v) is 8.90. The molecule has 1 spiro atoms. The summed E-state index contributed by atoms with van der Waals surface area (Å²) in [5, 5.41) is 3.03. The number of carbonyl (C=O) groups is 2. The minimum absolute atomic E-state index is 0.0212. The van der Waals surface area contributed by atoms with Crippen LogP contribution >= 0.6 is 0 Å². The van der Waals surface area contributed by atoms with E-state index in [0.29, 0.717) is 12.2 Å². The monoisotopic (exact) mass is 394 g/mol. The summed E-state index contributed by atoms with van der Waals surface area (Å²) in [4.78, 5) is 27.1. The second-order valence-electron chi connectivity index (χ2n) is 8.90. The Labute approximate surface area is 172 Å². The van der Waals surface area contributed by atoms with E-state index < -0.39 is 0 Å². The standard InChI is InChI=1S/C24H30N2O3/c1-16(2)25-22(27)14-18-15-24(20-7-5-4-6-19(18)20)10-12-26(13-11-24)23(28)21-9-8-17(3)29-21/h4-9,16,18H,10-15H2,1-3H3,(H,25,27)/t18-/m1/s1. The number of furan rings is 1. The fraction of sp³-hybridized carbons (Fsp3) is 0.500. The number of amides is 2. The first-order valence-corrected chi connectivity index (χ1v) is 10.6. The Balaban J connectivity index is 1.49. The van der Waals surface area contributed by atoms with Gasteiger partial charge in [0.05, 0.1) is 0 Å². The largest absolute Gasteiger partial charge is 0.456 e. The Morgan fingerprint density at radius 1 is 1.17 bits per heavy atom. The summed E-state index contributed by atoms with van der Waals surface area (Å²) >= 11 is 0. The molecule has 1 aliphatic carbocycles. The number of fused-ring (bicyclic) bond motifs is 2. The third-order valence-electron chi connectivity index (χ3n) is 6.45. The average Bonchev–Trinajstić information content (AvgIpc) is 3.24. The molecular formula is C24H30N2O3. The van der Waals surface area contributed by atoms with E-state index in [0.717, 1.165) is 38.1 Å². The highest BCUT2D eigenvalue weighted by Crippen LogP contribution is 2.52. The van der Waals surface area contributed by atoms with Crippen LogP contribution in [-0.4, -0.2) is 35.8 Å². The topological polar surface area (TPSA) is 62.6 Å². The van der Waals surface area contributed by atoms with Crippen LogP contribution < -0.4 is 5.32 Å². The molecule has 1 aliphatic heterocycles. The summed E-state index contributed by atoms with van der Waals surface area (Å²) in [6.45, 7) is 7.28. The van der Waals surface area contributed by atoms with Crippen LogP contribution in [0.5, 0.6) is 0 Å². The Kier molecular flexibility index (Phi) is 5.24. The molecule has 1 saturated heterocycles. The van der Waals surface area contributed by atoms with Gasteiger partial charge in [0.2, 0.25) is 5.91 Å². The van der Waals surface area contributed by atoms with E-state index in [1.165, 1.54) is 11.1 Å². The fourth-order valence-electron chi connectivity index (χ4n) is 5.13. The van der Waals surface area contributed by atoms with E-state index in [9.17, 15) is 9.59 Å². The Hall–Kier alpha value is -2.56. The van der Waals surface area contributed by atoms with Crippen LogP contribution in [0.25, 0.3) is 0 Å². The van der Waals surface area contributed by atoms with Crippen molar-refractivity contribution < 1.29 is 14.0 Å². The Bertz CT molecular complexity index is 906. The molecule has 0 radical (unpaired) electrons. The number of nitrogens with zero attached hydrogens (tertiary/aromatic N) is 1. The third kappa shape index (κ3) is 3.83. The maximum absolute atomic E-state index is 12.8. The van der Waals surface area contributed by atoms with E-state index in [4.69, 9.17) is 4.42 Å².